The second-order valence-electron chi connectivity index (χ2n) is 8.59. The van der Waals surface area contributed by atoms with Crippen LogP contribution in [0.3, 0.4) is 0 Å². The maximum absolute atomic E-state index is 12.4. The second-order valence-corrected chi connectivity index (χ2v) is 8.59. The van der Waals surface area contributed by atoms with E-state index in [4.69, 9.17) is 0 Å². The SMILES string of the molecule is O=C(NCC1CC2CCN1CC2CN1CCc2ccccc21)c1ccccc1. The Kier molecular flexibility index (Phi) is 4.81. The first-order chi connectivity index (χ1) is 13.8. The smallest absolute Gasteiger partial charge is 0.251 e. The van der Waals surface area contributed by atoms with E-state index in [1.54, 1.807) is 0 Å². The third-order valence-electron chi connectivity index (χ3n) is 6.99. The maximum Gasteiger partial charge on any atom is 0.251 e. The fourth-order valence-corrected chi connectivity index (χ4v) is 5.45. The minimum Gasteiger partial charge on any atom is -0.371 e. The van der Waals surface area contributed by atoms with Gasteiger partial charge in [-0.25, -0.2) is 0 Å². The third-order valence-corrected chi connectivity index (χ3v) is 6.99. The van der Waals surface area contributed by atoms with Gasteiger partial charge in [0.15, 0.2) is 0 Å². The summed E-state index contributed by atoms with van der Waals surface area (Å²) >= 11 is 0. The molecule has 4 aliphatic heterocycles. The normalized spacial score (nSPS) is 28.2. The van der Waals surface area contributed by atoms with Crippen molar-refractivity contribution in [1.82, 2.24) is 10.2 Å². The first-order valence-corrected chi connectivity index (χ1v) is 10.7. The topological polar surface area (TPSA) is 35.6 Å². The van der Waals surface area contributed by atoms with Crippen LogP contribution in [0.5, 0.6) is 0 Å². The average Bonchev–Trinajstić information content (AvgIpc) is 3.16. The highest BCUT2D eigenvalue weighted by Gasteiger charge is 2.41. The van der Waals surface area contributed by atoms with Gasteiger partial charge in [-0.2, -0.15) is 0 Å². The molecular weight excluding hydrogens is 346 g/mol. The summed E-state index contributed by atoms with van der Waals surface area (Å²) in [5.74, 6) is 1.59. The first kappa shape index (κ1) is 17.7. The van der Waals surface area contributed by atoms with E-state index in [0.29, 0.717) is 6.04 Å². The lowest BCUT2D eigenvalue weighted by Crippen LogP contribution is -2.58. The minimum atomic E-state index is 0.0495. The van der Waals surface area contributed by atoms with Crippen molar-refractivity contribution in [3.63, 3.8) is 0 Å². The van der Waals surface area contributed by atoms with Gasteiger partial charge in [0.05, 0.1) is 0 Å². The molecule has 3 saturated heterocycles. The van der Waals surface area contributed by atoms with Crippen LogP contribution < -0.4 is 10.2 Å². The standard InChI is InChI=1S/C24H29N3O/c28-24(19-7-2-1-3-8-19)25-15-22-14-20-11-12-26(22)16-21(20)17-27-13-10-18-6-4-5-9-23(18)27/h1-9,20-22H,10-17H2,(H,25,28). The van der Waals surface area contributed by atoms with Gasteiger partial charge in [0.25, 0.3) is 5.91 Å². The highest BCUT2D eigenvalue weighted by molar-refractivity contribution is 5.94. The molecule has 4 unspecified atom stereocenters. The number of piperidine rings is 3. The van der Waals surface area contributed by atoms with Crippen molar-refractivity contribution in [1.29, 1.82) is 0 Å². The monoisotopic (exact) mass is 375 g/mol. The van der Waals surface area contributed by atoms with Crippen molar-refractivity contribution in [3.05, 3.63) is 65.7 Å². The molecular formula is C24H29N3O. The molecule has 0 spiro atoms. The number of nitrogens with one attached hydrogen (secondary N) is 1. The van der Waals surface area contributed by atoms with Gasteiger partial charge >= 0.3 is 0 Å². The van der Waals surface area contributed by atoms with Crippen LogP contribution in [0.25, 0.3) is 0 Å². The molecule has 4 aliphatic rings. The van der Waals surface area contributed by atoms with Crippen molar-refractivity contribution in [2.45, 2.75) is 25.3 Å². The molecule has 4 atom stereocenters. The molecule has 4 heteroatoms. The maximum atomic E-state index is 12.4. The summed E-state index contributed by atoms with van der Waals surface area (Å²) in [7, 11) is 0. The Bertz CT molecular complexity index is 837. The molecule has 1 N–H and O–H groups in total. The quantitative estimate of drug-likeness (QED) is 0.872. The number of carbonyl (C=O) groups is 1. The lowest BCUT2D eigenvalue weighted by atomic mass is 9.75. The molecule has 4 nitrogen and oxygen atoms in total. The summed E-state index contributed by atoms with van der Waals surface area (Å²) < 4.78 is 0. The molecule has 0 saturated carbocycles. The van der Waals surface area contributed by atoms with Crippen LogP contribution >= 0.6 is 0 Å². The number of benzene rings is 2. The zero-order chi connectivity index (χ0) is 18.9. The minimum absolute atomic E-state index is 0.0495. The van der Waals surface area contributed by atoms with Gasteiger partial charge in [-0.1, -0.05) is 36.4 Å². The van der Waals surface area contributed by atoms with Gasteiger partial charge in [0.2, 0.25) is 0 Å². The number of fused-ring (bicyclic) bond motifs is 4. The van der Waals surface area contributed by atoms with Crippen LogP contribution in [-0.2, 0) is 6.42 Å². The molecule has 146 valence electrons. The van der Waals surface area contributed by atoms with Crippen molar-refractivity contribution in [2.75, 3.05) is 37.6 Å². The summed E-state index contributed by atoms with van der Waals surface area (Å²) in [5.41, 5.74) is 3.71. The zero-order valence-corrected chi connectivity index (χ0v) is 16.4. The third kappa shape index (κ3) is 3.42. The average molecular weight is 376 g/mol. The second kappa shape index (κ2) is 7.59. The number of hydrogen-bond acceptors (Lipinski definition) is 3. The van der Waals surface area contributed by atoms with Crippen LogP contribution in [0.2, 0.25) is 0 Å². The molecule has 0 radical (unpaired) electrons. The van der Waals surface area contributed by atoms with Crippen LogP contribution in [-0.4, -0.2) is 49.6 Å². The number of carbonyl (C=O) groups excluding carboxylic acids is 1. The van der Waals surface area contributed by atoms with Crippen LogP contribution in [0, 0.1) is 11.8 Å². The largest absolute Gasteiger partial charge is 0.371 e. The van der Waals surface area contributed by atoms with E-state index in [9.17, 15) is 4.79 Å². The first-order valence-electron chi connectivity index (χ1n) is 10.7. The molecule has 2 aromatic carbocycles. The Morgan fingerprint density at radius 3 is 2.68 bits per heavy atom. The molecule has 2 bridgehead atoms. The highest BCUT2D eigenvalue weighted by atomic mass is 16.1. The predicted molar refractivity (Wildman–Crippen MR) is 113 cm³/mol. The van der Waals surface area contributed by atoms with Gasteiger partial charge in [-0.3, -0.25) is 9.69 Å². The molecule has 2 aromatic rings. The number of anilines is 1. The Labute approximate surface area is 167 Å². The van der Waals surface area contributed by atoms with Gasteiger partial charge in [0.1, 0.15) is 0 Å². The van der Waals surface area contributed by atoms with Crippen molar-refractivity contribution < 1.29 is 4.79 Å². The van der Waals surface area contributed by atoms with E-state index in [0.717, 1.165) is 23.9 Å². The number of nitrogens with zero attached hydrogens (tertiary/aromatic N) is 2. The van der Waals surface area contributed by atoms with Gasteiger partial charge < -0.3 is 10.2 Å². The molecule has 28 heavy (non-hydrogen) atoms. The van der Waals surface area contributed by atoms with Crippen LogP contribution in [0.15, 0.2) is 54.6 Å². The molecule has 3 fully saturated rings. The number of para-hydroxylation sites is 1. The van der Waals surface area contributed by atoms with E-state index in [2.05, 4.69) is 39.4 Å². The van der Waals surface area contributed by atoms with Crippen molar-refractivity contribution in [2.24, 2.45) is 11.8 Å². The van der Waals surface area contributed by atoms with Gasteiger partial charge in [-0.05, 0) is 61.4 Å². The van der Waals surface area contributed by atoms with E-state index in [1.165, 1.54) is 56.7 Å². The van der Waals surface area contributed by atoms with E-state index >= 15 is 0 Å². The summed E-state index contributed by atoms with van der Waals surface area (Å²) in [6.45, 7) is 5.47. The fraction of sp³-hybridized carbons (Fsp3) is 0.458. The summed E-state index contributed by atoms with van der Waals surface area (Å²) in [4.78, 5) is 17.6. The van der Waals surface area contributed by atoms with Gasteiger partial charge in [-0.15, -0.1) is 0 Å². The van der Waals surface area contributed by atoms with E-state index in [-0.39, 0.29) is 5.91 Å². The van der Waals surface area contributed by atoms with Crippen LogP contribution in [0.1, 0.15) is 28.8 Å². The molecule has 0 aliphatic carbocycles. The Hall–Kier alpha value is -2.33. The van der Waals surface area contributed by atoms with Crippen molar-refractivity contribution in [3.8, 4) is 0 Å². The Morgan fingerprint density at radius 2 is 1.86 bits per heavy atom. The molecule has 4 heterocycles. The molecule has 1 amide bonds. The molecule has 0 aromatic heterocycles. The van der Waals surface area contributed by atoms with E-state index in [1.807, 2.05) is 30.3 Å². The van der Waals surface area contributed by atoms with Gasteiger partial charge in [0, 0.05) is 43.5 Å². The zero-order valence-electron chi connectivity index (χ0n) is 16.4. The molecule has 6 rings (SSSR count). The summed E-state index contributed by atoms with van der Waals surface area (Å²) in [6, 6.07) is 18.9. The highest BCUT2D eigenvalue weighted by Crippen LogP contribution is 2.38. The van der Waals surface area contributed by atoms with E-state index < -0.39 is 0 Å². The number of rotatable bonds is 5. The fourth-order valence-electron chi connectivity index (χ4n) is 5.45. The lowest BCUT2D eigenvalue weighted by Gasteiger charge is -2.51. The number of amides is 1. The Morgan fingerprint density at radius 1 is 1.04 bits per heavy atom. The van der Waals surface area contributed by atoms with Crippen molar-refractivity contribution >= 4 is 11.6 Å². The summed E-state index contributed by atoms with van der Waals surface area (Å²) in [6.07, 6.45) is 3.71. The summed E-state index contributed by atoms with van der Waals surface area (Å²) in [5, 5.41) is 3.16. The van der Waals surface area contributed by atoms with Crippen LogP contribution in [0.4, 0.5) is 5.69 Å². The lowest BCUT2D eigenvalue weighted by molar-refractivity contribution is 0.00495. The number of hydrogen-bond donors (Lipinski definition) is 1. The predicted octanol–water partition coefficient (Wildman–Crippen LogP) is 3.19. The Balaban J connectivity index is 1.17.